The molecule has 2 rings (SSSR count). The molecule has 21 heavy (non-hydrogen) atoms. The summed E-state index contributed by atoms with van der Waals surface area (Å²) in [5.74, 6) is 1.76. The smallest absolute Gasteiger partial charge is 0.123 e. The van der Waals surface area contributed by atoms with Gasteiger partial charge in [-0.05, 0) is 37.6 Å². The van der Waals surface area contributed by atoms with Crippen LogP contribution < -0.4 is 10.5 Å². The molecule has 0 spiro atoms. The molecule has 0 aromatic heterocycles. The number of nitrogen functional groups attached to an aromatic ring is 1. The highest BCUT2D eigenvalue weighted by Gasteiger charge is 2.09. The lowest BCUT2D eigenvalue weighted by Crippen LogP contribution is -2.04. The average Bonchev–Trinajstić information content (AvgIpc) is 2.42. The Morgan fingerprint density at radius 2 is 1.95 bits per heavy atom. The van der Waals surface area contributed by atoms with Crippen LogP contribution in [0.1, 0.15) is 23.6 Å². The van der Waals surface area contributed by atoms with Gasteiger partial charge < -0.3 is 10.5 Å². The lowest BCUT2D eigenvalue weighted by molar-refractivity contribution is 0.337. The highest BCUT2D eigenvalue weighted by Crippen LogP contribution is 2.23. The Morgan fingerprint density at radius 3 is 2.67 bits per heavy atom. The van der Waals surface area contributed by atoms with Gasteiger partial charge in [0.2, 0.25) is 0 Å². The number of benzene rings is 2. The lowest BCUT2D eigenvalue weighted by Gasteiger charge is -2.11. The van der Waals surface area contributed by atoms with E-state index in [4.69, 9.17) is 10.5 Å². The van der Waals surface area contributed by atoms with E-state index in [9.17, 15) is 4.21 Å². The highest BCUT2D eigenvalue weighted by atomic mass is 32.2. The van der Waals surface area contributed by atoms with Crippen LogP contribution in [-0.4, -0.2) is 10.8 Å². The molecule has 0 radical (unpaired) electrons. The van der Waals surface area contributed by atoms with Gasteiger partial charge in [0.05, 0.1) is 12.4 Å². The van der Waals surface area contributed by atoms with Crippen molar-refractivity contribution in [1.82, 2.24) is 0 Å². The van der Waals surface area contributed by atoms with Crippen molar-refractivity contribution in [3.05, 3.63) is 59.2 Å². The van der Waals surface area contributed by atoms with E-state index < -0.39 is 10.8 Å². The van der Waals surface area contributed by atoms with Crippen LogP contribution in [-0.2, 0) is 22.3 Å². The fourth-order valence-electron chi connectivity index (χ4n) is 2.22. The van der Waals surface area contributed by atoms with Gasteiger partial charge in [-0.2, -0.15) is 0 Å². The van der Waals surface area contributed by atoms with Gasteiger partial charge in [-0.1, -0.05) is 29.8 Å². The van der Waals surface area contributed by atoms with E-state index in [0.717, 1.165) is 16.9 Å². The summed E-state index contributed by atoms with van der Waals surface area (Å²) in [5.41, 5.74) is 9.67. The second kappa shape index (κ2) is 7.27. The maximum Gasteiger partial charge on any atom is 0.123 e. The molecule has 2 N–H and O–H groups in total. The summed E-state index contributed by atoms with van der Waals surface area (Å²) in [4.78, 5) is 0. The summed E-state index contributed by atoms with van der Waals surface area (Å²) in [6.07, 6.45) is 0. The van der Waals surface area contributed by atoms with E-state index in [-0.39, 0.29) is 0 Å². The van der Waals surface area contributed by atoms with Gasteiger partial charge in [-0.15, -0.1) is 0 Å². The van der Waals surface area contributed by atoms with Crippen molar-refractivity contribution < 1.29 is 8.95 Å². The molecule has 1 atom stereocenters. The largest absolute Gasteiger partial charge is 0.494 e. The molecule has 0 fully saturated rings. The van der Waals surface area contributed by atoms with Crippen molar-refractivity contribution in [3.63, 3.8) is 0 Å². The van der Waals surface area contributed by atoms with Gasteiger partial charge in [-0.3, -0.25) is 4.21 Å². The first-order valence-corrected chi connectivity index (χ1v) is 8.49. The first-order valence-electron chi connectivity index (χ1n) is 7.00. The van der Waals surface area contributed by atoms with Gasteiger partial charge in [0.25, 0.3) is 0 Å². The van der Waals surface area contributed by atoms with E-state index in [2.05, 4.69) is 6.07 Å². The minimum atomic E-state index is -0.988. The summed E-state index contributed by atoms with van der Waals surface area (Å²) in [6, 6.07) is 13.6. The van der Waals surface area contributed by atoms with Crippen LogP contribution in [0.4, 0.5) is 5.69 Å². The van der Waals surface area contributed by atoms with Crippen LogP contribution in [0.25, 0.3) is 0 Å². The van der Waals surface area contributed by atoms with E-state index >= 15 is 0 Å². The average molecular weight is 303 g/mol. The minimum absolute atomic E-state index is 0.453. The topological polar surface area (TPSA) is 52.3 Å². The van der Waals surface area contributed by atoms with Gasteiger partial charge in [0.1, 0.15) is 5.75 Å². The molecule has 0 saturated carbocycles. The second-order valence-electron chi connectivity index (χ2n) is 5.02. The Kier molecular flexibility index (Phi) is 5.39. The quantitative estimate of drug-likeness (QED) is 0.832. The Hall–Kier alpha value is -1.81. The predicted molar refractivity (Wildman–Crippen MR) is 88.8 cm³/mol. The Balaban J connectivity index is 2.10. The van der Waals surface area contributed by atoms with Crippen molar-refractivity contribution in [2.24, 2.45) is 0 Å². The zero-order chi connectivity index (χ0) is 15.2. The number of ether oxygens (including phenoxy) is 1. The number of hydrogen-bond donors (Lipinski definition) is 1. The Labute approximate surface area is 128 Å². The van der Waals surface area contributed by atoms with Crippen LogP contribution in [0.5, 0.6) is 5.75 Å². The molecule has 0 aliphatic carbocycles. The maximum absolute atomic E-state index is 12.4. The molecule has 0 saturated heterocycles. The monoisotopic (exact) mass is 303 g/mol. The van der Waals surface area contributed by atoms with Crippen LogP contribution >= 0.6 is 0 Å². The van der Waals surface area contributed by atoms with Crippen LogP contribution in [0.15, 0.2) is 42.5 Å². The van der Waals surface area contributed by atoms with Crippen LogP contribution in [0, 0.1) is 6.92 Å². The van der Waals surface area contributed by atoms with E-state index in [0.29, 0.717) is 23.8 Å². The number of rotatable bonds is 6. The molecule has 3 nitrogen and oxygen atoms in total. The van der Waals surface area contributed by atoms with Crippen molar-refractivity contribution in [2.75, 3.05) is 12.3 Å². The number of nitrogens with two attached hydrogens (primary N) is 1. The van der Waals surface area contributed by atoms with Gasteiger partial charge in [0.15, 0.2) is 0 Å². The predicted octanol–water partition coefficient (Wildman–Crippen LogP) is 3.42. The molecule has 0 aliphatic heterocycles. The number of aryl methyl sites for hydroxylation is 1. The molecule has 2 aromatic carbocycles. The van der Waals surface area contributed by atoms with Gasteiger partial charge >= 0.3 is 0 Å². The first kappa shape index (κ1) is 15.6. The highest BCUT2D eigenvalue weighted by molar-refractivity contribution is 7.83. The van der Waals surface area contributed by atoms with Crippen LogP contribution in [0.2, 0.25) is 0 Å². The molecule has 4 heteroatoms. The molecule has 0 amide bonds. The third kappa shape index (κ3) is 4.60. The summed E-state index contributed by atoms with van der Waals surface area (Å²) >= 11 is 0. The molecular weight excluding hydrogens is 282 g/mol. The Bertz CT molecular complexity index is 640. The molecule has 2 aromatic rings. The maximum atomic E-state index is 12.4. The van der Waals surface area contributed by atoms with Crippen LogP contribution in [0.3, 0.4) is 0 Å². The van der Waals surface area contributed by atoms with Crippen molar-refractivity contribution in [1.29, 1.82) is 0 Å². The fraction of sp³-hybridized carbons (Fsp3) is 0.294. The van der Waals surface area contributed by atoms with Gasteiger partial charge in [0, 0.05) is 27.8 Å². The molecule has 0 aliphatic rings. The molecule has 0 bridgehead atoms. The number of hydrogen-bond acceptors (Lipinski definition) is 3. The van der Waals surface area contributed by atoms with Crippen molar-refractivity contribution >= 4 is 16.5 Å². The fourth-order valence-corrected chi connectivity index (χ4v) is 3.45. The zero-order valence-corrected chi connectivity index (χ0v) is 13.3. The summed E-state index contributed by atoms with van der Waals surface area (Å²) < 4.78 is 17.9. The molecule has 1 unspecified atom stereocenters. The summed E-state index contributed by atoms with van der Waals surface area (Å²) in [7, 11) is -0.988. The molecule has 112 valence electrons. The Morgan fingerprint density at radius 1 is 1.14 bits per heavy atom. The summed E-state index contributed by atoms with van der Waals surface area (Å²) in [5, 5.41) is 0. The lowest BCUT2D eigenvalue weighted by atomic mass is 10.2. The molecule has 0 heterocycles. The van der Waals surface area contributed by atoms with Crippen molar-refractivity contribution in [2.45, 2.75) is 25.4 Å². The second-order valence-corrected chi connectivity index (χ2v) is 6.47. The van der Waals surface area contributed by atoms with E-state index in [1.165, 1.54) is 5.56 Å². The van der Waals surface area contributed by atoms with Crippen molar-refractivity contribution in [3.8, 4) is 5.75 Å². The van der Waals surface area contributed by atoms with Gasteiger partial charge in [-0.25, -0.2) is 0 Å². The zero-order valence-electron chi connectivity index (χ0n) is 12.5. The SMILES string of the molecule is CCOc1ccc(N)cc1CS(=O)Cc1cccc(C)c1. The number of anilines is 1. The summed E-state index contributed by atoms with van der Waals surface area (Å²) in [6.45, 7) is 4.56. The normalized spacial score (nSPS) is 12.1. The van der Waals surface area contributed by atoms with E-state index in [1.54, 1.807) is 6.07 Å². The first-order chi connectivity index (χ1) is 10.1. The minimum Gasteiger partial charge on any atom is -0.494 e. The molecular formula is C17H21NO2S. The third-order valence-electron chi connectivity index (χ3n) is 3.11. The van der Waals surface area contributed by atoms with E-state index in [1.807, 2.05) is 44.2 Å². The standard InChI is InChI=1S/C17H21NO2S/c1-3-20-17-8-7-16(18)10-15(17)12-21(19)11-14-6-4-5-13(2)9-14/h4-10H,3,11-12,18H2,1-2H3. The third-order valence-corrected chi connectivity index (χ3v) is 4.40.